The summed E-state index contributed by atoms with van der Waals surface area (Å²) in [5, 5.41) is 0. The number of hydrogen-bond acceptors (Lipinski definition) is 2. The lowest BCUT2D eigenvalue weighted by Crippen LogP contribution is -2.14. The predicted octanol–water partition coefficient (Wildman–Crippen LogP) is 6.84. The molecule has 0 spiro atoms. The second-order valence-corrected chi connectivity index (χ2v) is 7.81. The zero-order chi connectivity index (χ0) is 17.0. The molecule has 0 bridgehead atoms. The van der Waals surface area contributed by atoms with Gasteiger partial charge in [0, 0.05) is 18.8 Å². The molecular weight excluding hydrogens is 292 g/mol. The van der Waals surface area contributed by atoms with Crippen LogP contribution in [0.4, 0.5) is 0 Å². The molecule has 24 heavy (non-hydrogen) atoms. The Hall–Kier alpha value is -0.920. The molecule has 2 nitrogen and oxygen atoms in total. The van der Waals surface area contributed by atoms with E-state index in [0.29, 0.717) is 5.92 Å². The van der Waals surface area contributed by atoms with E-state index in [2.05, 4.69) is 36.2 Å². The number of aryl methyl sites for hydroxylation is 1. The van der Waals surface area contributed by atoms with Crippen LogP contribution in [0.5, 0.6) is 0 Å². The summed E-state index contributed by atoms with van der Waals surface area (Å²) in [5.74, 6) is 2.73. The molecule has 0 amide bonds. The van der Waals surface area contributed by atoms with Crippen molar-refractivity contribution in [3.05, 3.63) is 23.8 Å². The van der Waals surface area contributed by atoms with Crippen molar-refractivity contribution < 1.29 is 0 Å². The Balaban J connectivity index is 1.66. The Morgan fingerprint density at radius 3 is 2.08 bits per heavy atom. The van der Waals surface area contributed by atoms with E-state index < -0.39 is 0 Å². The van der Waals surface area contributed by atoms with E-state index in [1.165, 1.54) is 89.0 Å². The van der Waals surface area contributed by atoms with Gasteiger partial charge in [-0.2, -0.15) is 0 Å². The maximum atomic E-state index is 4.61. The summed E-state index contributed by atoms with van der Waals surface area (Å²) < 4.78 is 0. The molecule has 1 aromatic rings. The molecule has 0 radical (unpaired) electrons. The third-order valence-electron chi connectivity index (χ3n) is 5.76. The summed E-state index contributed by atoms with van der Waals surface area (Å²) in [5.41, 5.74) is 1.38. The summed E-state index contributed by atoms with van der Waals surface area (Å²) in [7, 11) is 0. The van der Waals surface area contributed by atoms with Gasteiger partial charge in [0.1, 0.15) is 5.82 Å². The fourth-order valence-corrected chi connectivity index (χ4v) is 4.06. The van der Waals surface area contributed by atoms with Gasteiger partial charge in [-0.25, -0.2) is 9.97 Å². The molecule has 0 N–H and O–H groups in total. The van der Waals surface area contributed by atoms with Crippen LogP contribution in [0, 0.1) is 5.92 Å². The molecule has 0 saturated heterocycles. The first-order chi connectivity index (χ1) is 11.8. The van der Waals surface area contributed by atoms with Crippen LogP contribution in [-0.2, 0) is 6.42 Å². The lowest BCUT2D eigenvalue weighted by atomic mass is 9.77. The van der Waals surface area contributed by atoms with Gasteiger partial charge in [0.2, 0.25) is 0 Å². The van der Waals surface area contributed by atoms with Crippen molar-refractivity contribution in [3.8, 4) is 0 Å². The fourth-order valence-electron chi connectivity index (χ4n) is 4.06. The molecule has 2 heteroatoms. The summed E-state index contributed by atoms with van der Waals surface area (Å²) in [4.78, 5) is 9.22. The number of rotatable bonds is 11. The van der Waals surface area contributed by atoms with Gasteiger partial charge in [-0.3, -0.25) is 0 Å². The zero-order valence-corrected chi connectivity index (χ0v) is 16.1. The van der Waals surface area contributed by atoms with Gasteiger partial charge >= 0.3 is 0 Å². The molecule has 1 saturated carbocycles. The molecule has 1 aliphatic carbocycles. The number of nitrogens with zero attached hydrogens (tertiary/aromatic N) is 2. The van der Waals surface area contributed by atoms with E-state index in [-0.39, 0.29) is 0 Å². The highest BCUT2D eigenvalue weighted by Gasteiger charge is 2.22. The van der Waals surface area contributed by atoms with E-state index in [4.69, 9.17) is 0 Å². The largest absolute Gasteiger partial charge is 0.241 e. The van der Waals surface area contributed by atoms with Crippen LogP contribution in [0.25, 0.3) is 0 Å². The average molecular weight is 331 g/mol. The maximum absolute atomic E-state index is 4.61. The topological polar surface area (TPSA) is 25.8 Å². The van der Waals surface area contributed by atoms with E-state index in [1.54, 1.807) is 0 Å². The minimum absolute atomic E-state index is 0.714. The predicted molar refractivity (Wildman–Crippen MR) is 103 cm³/mol. The monoisotopic (exact) mass is 330 g/mol. The first kappa shape index (κ1) is 19.4. The highest BCUT2D eigenvalue weighted by atomic mass is 14.9. The maximum Gasteiger partial charge on any atom is 0.128 e. The van der Waals surface area contributed by atoms with Crippen molar-refractivity contribution in [2.45, 2.75) is 110 Å². The zero-order valence-electron chi connectivity index (χ0n) is 16.1. The minimum Gasteiger partial charge on any atom is -0.241 e. The van der Waals surface area contributed by atoms with Gasteiger partial charge in [-0.05, 0) is 49.5 Å². The van der Waals surface area contributed by atoms with E-state index in [1.807, 2.05) is 0 Å². The van der Waals surface area contributed by atoms with Crippen molar-refractivity contribution in [1.29, 1.82) is 0 Å². The van der Waals surface area contributed by atoms with Gasteiger partial charge in [-0.15, -0.1) is 0 Å². The molecule has 0 unspecified atom stereocenters. The van der Waals surface area contributed by atoms with E-state index >= 15 is 0 Å². The van der Waals surface area contributed by atoms with E-state index in [9.17, 15) is 0 Å². The molecule has 2 rings (SSSR count). The molecule has 0 aliphatic heterocycles. The van der Waals surface area contributed by atoms with Crippen molar-refractivity contribution in [2.75, 3.05) is 0 Å². The minimum atomic E-state index is 0.714. The standard InChI is InChI=1S/C22H38N2/c1-3-5-7-8-10-11-19-13-15-20(16-14-19)21-17-23-22(24-18-21)12-9-6-4-2/h17-20H,3-16H2,1-2H3. The van der Waals surface area contributed by atoms with Crippen molar-refractivity contribution >= 4 is 0 Å². The second-order valence-electron chi connectivity index (χ2n) is 7.81. The Morgan fingerprint density at radius 2 is 1.42 bits per heavy atom. The van der Waals surface area contributed by atoms with Gasteiger partial charge in [0.15, 0.2) is 0 Å². The number of unbranched alkanes of at least 4 members (excludes halogenated alkanes) is 6. The SMILES string of the molecule is CCCCCCCC1CCC(c2cnc(CCCCC)nc2)CC1. The average Bonchev–Trinajstić information content (AvgIpc) is 2.63. The molecular formula is C22H38N2. The smallest absolute Gasteiger partial charge is 0.128 e. The lowest BCUT2D eigenvalue weighted by Gasteiger charge is -2.28. The quantitative estimate of drug-likeness (QED) is 0.415. The molecule has 136 valence electrons. The molecule has 1 aliphatic rings. The van der Waals surface area contributed by atoms with Crippen LogP contribution in [-0.4, -0.2) is 9.97 Å². The molecule has 0 atom stereocenters. The first-order valence-electron chi connectivity index (χ1n) is 10.6. The summed E-state index contributed by atoms with van der Waals surface area (Å²) in [6, 6.07) is 0. The van der Waals surface area contributed by atoms with Crippen molar-refractivity contribution in [2.24, 2.45) is 5.92 Å². The molecule has 1 fully saturated rings. The van der Waals surface area contributed by atoms with E-state index in [0.717, 1.165) is 18.2 Å². The van der Waals surface area contributed by atoms with Crippen LogP contribution >= 0.6 is 0 Å². The Labute approximate surface area is 149 Å². The highest BCUT2D eigenvalue weighted by molar-refractivity contribution is 5.12. The summed E-state index contributed by atoms with van der Waals surface area (Å²) in [6.07, 6.45) is 23.1. The second kappa shape index (κ2) is 11.6. The normalized spacial score (nSPS) is 21.1. The van der Waals surface area contributed by atoms with Gasteiger partial charge in [0.25, 0.3) is 0 Å². The van der Waals surface area contributed by atoms with Crippen molar-refractivity contribution in [3.63, 3.8) is 0 Å². The summed E-state index contributed by atoms with van der Waals surface area (Å²) in [6.45, 7) is 4.54. The Bertz CT molecular complexity index is 418. The number of hydrogen-bond donors (Lipinski definition) is 0. The Morgan fingerprint density at radius 1 is 0.792 bits per heavy atom. The Kier molecular flexibility index (Phi) is 9.38. The third kappa shape index (κ3) is 6.91. The van der Waals surface area contributed by atoms with Crippen molar-refractivity contribution in [1.82, 2.24) is 9.97 Å². The van der Waals surface area contributed by atoms with Crippen LogP contribution < -0.4 is 0 Å². The molecule has 1 heterocycles. The first-order valence-corrected chi connectivity index (χ1v) is 10.6. The number of aromatic nitrogens is 2. The van der Waals surface area contributed by atoms with Gasteiger partial charge in [0.05, 0.1) is 0 Å². The van der Waals surface area contributed by atoms with Crippen LogP contribution in [0.1, 0.15) is 115 Å². The van der Waals surface area contributed by atoms with Crippen LogP contribution in [0.3, 0.4) is 0 Å². The lowest BCUT2D eigenvalue weighted by molar-refractivity contribution is 0.301. The summed E-state index contributed by atoms with van der Waals surface area (Å²) >= 11 is 0. The molecule has 1 aromatic heterocycles. The molecule has 0 aromatic carbocycles. The van der Waals surface area contributed by atoms with Crippen LogP contribution in [0.15, 0.2) is 12.4 Å². The van der Waals surface area contributed by atoms with Crippen LogP contribution in [0.2, 0.25) is 0 Å². The third-order valence-corrected chi connectivity index (χ3v) is 5.76. The van der Waals surface area contributed by atoms with Gasteiger partial charge in [-0.1, -0.05) is 65.2 Å². The fraction of sp³-hybridized carbons (Fsp3) is 0.818. The highest BCUT2D eigenvalue weighted by Crippen LogP contribution is 2.37. The van der Waals surface area contributed by atoms with Gasteiger partial charge < -0.3 is 0 Å².